The Morgan fingerprint density at radius 3 is 2.47 bits per heavy atom. The smallest absolute Gasteiger partial charge is 0.337 e. The molecule has 0 saturated carbocycles. The summed E-state index contributed by atoms with van der Waals surface area (Å²) in [7, 11) is 1.30. The lowest BCUT2D eigenvalue weighted by atomic mass is 10.2. The van der Waals surface area contributed by atoms with E-state index in [-0.39, 0.29) is 5.82 Å². The lowest BCUT2D eigenvalue weighted by Gasteiger charge is -2.03. The Balaban J connectivity index is 2.07. The Labute approximate surface area is 108 Å². The fraction of sp³-hybridized carbons (Fsp3) is 0.167. The van der Waals surface area contributed by atoms with Crippen LogP contribution in [0.2, 0.25) is 0 Å². The number of anilines is 1. The van der Waals surface area contributed by atoms with Gasteiger partial charge in [-0.2, -0.15) is 4.98 Å². The molecule has 0 aliphatic rings. The summed E-state index contributed by atoms with van der Waals surface area (Å²) in [6.45, 7) is 1.59. The Morgan fingerprint density at radius 1 is 1.26 bits per heavy atom. The lowest BCUT2D eigenvalue weighted by Crippen LogP contribution is -2.13. The van der Waals surface area contributed by atoms with Gasteiger partial charge in [0.2, 0.25) is 5.89 Å². The van der Waals surface area contributed by atoms with E-state index in [1.807, 2.05) is 0 Å². The molecule has 98 valence electrons. The van der Waals surface area contributed by atoms with Crippen molar-refractivity contribution in [2.75, 3.05) is 12.4 Å². The summed E-state index contributed by atoms with van der Waals surface area (Å²) in [6, 6.07) is 6.25. The van der Waals surface area contributed by atoms with Crippen molar-refractivity contribution in [3.63, 3.8) is 0 Å². The van der Waals surface area contributed by atoms with Gasteiger partial charge >= 0.3 is 5.97 Å². The molecule has 0 unspecified atom stereocenters. The minimum atomic E-state index is -0.484. The van der Waals surface area contributed by atoms with Gasteiger partial charge in [-0.1, -0.05) is 5.16 Å². The largest absolute Gasteiger partial charge is 0.465 e. The van der Waals surface area contributed by atoms with Crippen molar-refractivity contribution in [3.8, 4) is 0 Å². The zero-order valence-electron chi connectivity index (χ0n) is 10.3. The van der Waals surface area contributed by atoms with Crippen molar-refractivity contribution >= 4 is 17.6 Å². The number of rotatable bonds is 3. The molecule has 0 atom stereocenters. The van der Waals surface area contributed by atoms with E-state index in [0.717, 1.165) is 0 Å². The predicted octanol–water partition coefficient (Wildman–Crippen LogP) is 1.42. The summed E-state index contributed by atoms with van der Waals surface area (Å²) in [5, 5.41) is 6.08. The predicted molar refractivity (Wildman–Crippen MR) is 64.8 cm³/mol. The third kappa shape index (κ3) is 2.95. The van der Waals surface area contributed by atoms with Crippen LogP contribution in [0.3, 0.4) is 0 Å². The molecule has 7 nitrogen and oxygen atoms in total. The average molecular weight is 261 g/mol. The second kappa shape index (κ2) is 5.30. The van der Waals surface area contributed by atoms with Gasteiger partial charge in [-0.05, 0) is 24.3 Å². The van der Waals surface area contributed by atoms with Gasteiger partial charge in [0.15, 0.2) is 0 Å². The molecular formula is C12H11N3O4. The maximum Gasteiger partial charge on any atom is 0.337 e. The molecule has 2 rings (SSSR count). The second-order valence-corrected chi connectivity index (χ2v) is 3.66. The van der Waals surface area contributed by atoms with Crippen LogP contribution < -0.4 is 5.32 Å². The molecule has 2 aromatic rings. The number of methoxy groups -OCH3 is 1. The van der Waals surface area contributed by atoms with Crippen LogP contribution in [0.15, 0.2) is 28.8 Å². The minimum Gasteiger partial charge on any atom is -0.465 e. The van der Waals surface area contributed by atoms with E-state index < -0.39 is 11.9 Å². The first-order valence-electron chi connectivity index (χ1n) is 5.40. The number of nitrogens with zero attached hydrogens (tertiary/aromatic N) is 2. The van der Waals surface area contributed by atoms with Crippen molar-refractivity contribution in [1.82, 2.24) is 10.1 Å². The zero-order chi connectivity index (χ0) is 13.8. The van der Waals surface area contributed by atoms with Gasteiger partial charge in [0.1, 0.15) is 0 Å². The van der Waals surface area contributed by atoms with Gasteiger partial charge in [0.05, 0.1) is 12.7 Å². The van der Waals surface area contributed by atoms with Crippen molar-refractivity contribution in [3.05, 3.63) is 41.5 Å². The second-order valence-electron chi connectivity index (χ2n) is 3.66. The Morgan fingerprint density at radius 2 is 1.95 bits per heavy atom. The van der Waals surface area contributed by atoms with E-state index in [2.05, 4.69) is 20.2 Å². The summed E-state index contributed by atoms with van der Waals surface area (Å²) in [4.78, 5) is 26.7. The molecule has 1 aromatic carbocycles. The third-order valence-corrected chi connectivity index (χ3v) is 2.29. The first-order valence-corrected chi connectivity index (χ1v) is 5.40. The molecule has 0 aliphatic carbocycles. The van der Waals surface area contributed by atoms with E-state index in [1.165, 1.54) is 7.11 Å². The fourth-order valence-electron chi connectivity index (χ4n) is 1.39. The molecule has 19 heavy (non-hydrogen) atoms. The number of ether oxygens (including phenoxy) is 1. The molecule has 0 aliphatic heterocycles. The molecule has 1 amide bonds. The van der Waals surface area contributed by atoms with E-state index in [0.29, 0.717) is 17.1 Å². The van der Waals surface area contributed by atoms with Crippen molar-refractivity contribution < 1.29 is 18.8 Å². The Kier molecular flexibility index (Phi) is 3.56. The third-order valence-electron chi connectivity index (χ3n) is 2.29. The highest BCUT2D eigenvalue weighted by Crippen LogP contribution is 2.11. The van der Waals surface area contributed by atoms with Gasteiger partial charge in [-0.15, -0.1) is 0 Å². The number of amides is 1. The summed E-state index contributed by atoms with van der Waals surface area (Å²) in [5.41, 5.74) is 0.913. The van der Waals surface area contributed by atoms with Gasteiger partial charge in [-0.25, -0.2) is 4.79 Å². The van der Waals surface area contributed by atoms with E-state index in [9.17, 15) is 9.59 Å². The highest BCUT2D eigenvalue weighted by Gasteiger charge is 2.13. The van der Waals surface area contributed by atoms with Crippen LogP contribution in [0, 0.1) is 6.92 Å². The quantitative estimate of drug-likeness (QED) is 0.839. The number of benzene rings is 1. The summed E-state index contributed by atoms with van der Waals surface area (Å²) in [6.07, 6.45) is 0. The van der Waals surface area contributed by atoms with Crippen molar-refractivity contribution in [2.45, 2.75) is 6.92 Å². The number of aryl methyl sites for hydroxylation is 1. The van der Waals surface area contributed by atoms with Crippen LogP contribution in [-0.2, 0) is 4.74 Å². The zero-order valence-corrected chi connectivity index (χ0v) is 10.3. The van der Waals surface area contributed by atoms with E-state index in [1.54, 1.807) is 31.2 Å². The highest BCUT2D eigenvalue weighted by atomic mass is 16.5. The molecule has 7 heteroatoms. The number of carbonyl (C=O) groups excluding carboxylic acids is 2. The SMILES string of the molecule is COC(=O)c1ccc(NC(=O)c2noc(C)n2)cc1. The molecule has 0 radical (unpaired) electrons. The van der Waals surface area contributed by atoms with Crippen LogP contribution in [0.1, 0.15) is 26.9 Å². The number of nitrogens with one attached hydrogen (secondary N) is 1. The first-order chi connectivity index (χ1) is 9.10. The summed E-state index contributed by atoms with van der Waals surface area (Å²) < 4.78 is 9.28. The maximum atomic E-state index is 11.7. The molecule has 0 bridgehead atoms. The molecule has 1 heterocycles. The van der Waals surface area contributed by atoms with E-state index in [4.69, 9.17) is 4.52 Å². The van der Waals surface area contributed by atoms with Gasteiger partial charge in [0, 0.05) is 12.6 Å². The van der Waals surface area contributed by atoms with Crippen molar-refractivity contribution in [2.24, 2.45) is 0 Å². The normalized spacial score (nSPS) is 10.0. The van der Waals surface area contributed by atoms with Gasteiger partial charge < -0.3 is 14.6 Å². The molecule has 1 aromatic heterocycles. The molecule has 1 N–H and O–H groups in total. The molecule has 0 saturated heterocycles. The fourth-order valence-corrected chi connectivity index (χ4v) is 1.39. The average Bonchev–Trinajstić information content (AvgIpc) is 2.85. The lowest BCUT2D eigenvalue weighted by molar-refractivity contribution is 0.0600. The molecular weight excluding hydrogens is 250 g/mol. The van der Waals surface area contributed by atoms with Crippen molar-refractivity contribution in [1.29, 1.82) is 0 Å². The molecule has 0 fully saturated rings. The first kappa shape index (κ1) is 12.7. The summed E-state index contributed by atoms with van der Waals surface area (Å²) >= 11 is 0. The van der Waals surface area contributed by atoms with Crippen LogP contribution in [0.4, 0.5) is 5.69 Å². The highest BCUT2D eigenvalue weighted by molar-refractivity contribution is 6.01. The van der Waals surface area contributed by atoms with E-state index >= 15 is 0 Å². The number of carbonyl (C=O) groups is 2. The summed E-state index contributed by atoms with van der Waals surface area (Å²) in [5.74, 6) is -0.657. The van der Waals surface area contributed by atoms with Crippen LogP contribution >= 0.6 is 0 Å². The van der Waals surface area contributed by atoms with Crippen LogP contribution in [-0.4, -0.2) is 29.1 Å². The van der Waals surface area contributed by atoms with Crippen LogP contribution in [0.5, 0.6) is 0 Å². The Bertz CT molecular complexity index is 604. The number of hydrogen-bond donors (Lipinski definition) is 1. The minimum absolute atomic E-state index is 0.0467. The van der Waals surface area contributed by atoms with Gasteiger partial charge in [-0.3, -0.25) is 4.79 Å². The van der Waals surface area contributed by atoms with Gasteiger partial charge in [0.25, 0.3) is 11.7 Å². The standard InChI is InChI=1S/C12H11N3O4/c1-7-13-10(15-19-7)11(16)14-9-5-3-8(4-6-9)12(17)18-2/h3-6H,1-2H3,(H,14,16). The number of hydrogen-bond acceptors (Lipinski definition) is 6. The number of esters is 1. The Hall–Kier alpha value is -2.70. The topological polar surface area (TPSA) is 94.3 Å². The monoisotopic (exact) mass is 261 g/mol. The molecule has 0 spiro atoms. The number of aromatic nitrogens is 2. The van der Waals surface area contributed by atoms with Crippen LogP contribution in [0.25, 0.3) is 0 Å². The maximum absolute atomic E-state index is 11.7.